The zero-order valence-corrected chi connectivity index (χ0v) is 23.3. The average Bonchev–Trinajstić information content (AvgIpc) is 3.08. The van der Waals surface area contributed by atoms with Crippen molar-refractivity contribution in [3.63, 3.8) is 0 Å². The average molecular weight is 543 g/mol. The van der Waals surface area contributed by atoms with Crippen LogP contribution in [0.4, 0.5) is 0 Å². The van der Waals surface area contributed by atoms with Crippen molar-refractivity contribution in [2.45, 2.75) is 88.9 Å². The highest BCUT2D eigenvalue weighted by atomic mass is 127. The number of halogens is 1. The van der Waals surface area contributed by atoms with E-state index in [0.29, 0.717) is 11.7 Å². The lowest BCUT2D eigenvalue weighted by atomic mass is 9.57. The van der Waals surface area contributed by atoms with Gasteiger partial charge in [0.05, 0.1) is 8.84 Å². The van der Waals surface area contributed by atoms with Gasteiger partial charge in [-0.1, -0.05) is 127 Å². The fourth-order valence-corrected chi connectivity index (χ4v) is 8.53. The fraction of sp³-hybridized carbons (Fsp3) is 0.567. The van der Waals surface area contributed by atoms with E-state index in [4.69, 9.17) is 0 Å². The molecule has 2 aliphatic carbocycles. The highest BCUT2D eigenvalue weighted by Crippen LogP contribution is 2.73. The molecule has 2 saturated carbocycles. The van der Waals surface area contributed by atoms with Gasteiger partial charge >= 0.3 is 0 Å². The van der Waals surface area contributed by atoms with Gasteiger partial charge in [0.2, 0.25) is 0 Å². The number of Topliss-reactive ketones (excluding diaryl/α,β-unsaturated/α-hetero) is 1. The van der Waals surface area contributed by atoms with Gasteiger partial charge < -0.3 is 0 Å². The first kappa shape index (κ1) is 24.0. The highest BCUT2D eigenvalue weighted by molar-refractivity contribution is 14.1. The summed E-state index contributed by atoms with van der Waals surface area (Å²) in [5, 5.41) is 0. The Hall–Kier alpha value is -1.16. The summed E-state index contributed by atoms with van der Waals surface area (Å²) in [5.74, 6) is 0.958. The molecule has 2 fully saturated rings. The van der Waals surface area contributed by atoms with Crippen molar-refractivity contribution in [2.75, 3.05) is 0 Å². The molecule has 0 heterocycles. The van der Waals surface area contributed by atoms with Crippen LogP contribution >= 0.6 is 22.6 Å². The van der Waals surface area contributed by atoms with E-state index >= 15 is 0 Å². The SMILES string of the molecule is CC(C)(C)c1ccc(C(I)(c2ccc(C(C)(C)C)cc2)C23CCC(CC2=O)C3(C)C)cc1. The molecular weight excluding hydrogens is 503 g/mol. The number of carbonyl (C=O) groups is 1. The van der Waals surface area contributed by atoms with Gasteiger partial charge in [-0.05, 0) is 57.3 Å². The number of hydrogen-bond acceptors (Lipinski definition) is 1. The molecule has 172 valence electrons. The molecule has 2 aliphatic rings. The minimum Gasteiger partial charge on any atom is -0.299 e. The van der Waals surface area contributed by atoms with E-state index in [1.54, 1.807) is 0 Å². The number of alkyl halides is 1. The third kappa shape index (κ3) is 3.26. The Balaban J connectivity index is 1.95. The van der Waals surface area contributed by atoms with Crippen molar-refractivity contribution in [3.8, 4) is 0 Å². The van der Waals surface area contributed by atoms with Crippen LogP contribution in [-0.2, 0) is 19.0 Å². The van der Waals surface area contributed by atoms with Crippen LogP contribution in [0.2, 0.25) is 0 Å². The molecular formula is C30H39IO. The molecule has 2 unspecified atom stereocenters. The minimum absolute atomic E-state index is 0.0172. The molecule has 2 aromatic carbocycles. The third-order valence-corrected chi connectivity index (χ3v) is 10.9. The van der Waals surface area contributed by atoms with Gasteiger partial charge in [-0.2, -0.15) is 0 Å². The molecule has 0 N–H and O–H groups in total. The molecule has 2 atom stereocenters. The Morgan fingerprint density at radius 3 is 1.41 bits per heavy atom. The number of ketones is 1. The number of hydrogen-bond donors (Lipinski definition) is 0. The summed E-state index contributed by atoms with van der Waals surface area (Å²) in [6.45, 7) is 18.3. The van der Waals surface area contributed by atoms with Crippen LogP contribution in [0.25, 0.3) is 0 Å². The van der Waals surface area contributed by atoms with Crippen LogP contribution in [0.1, 0.15) is 96.9 Å². The monoisotopic (exact) mass is 542 g/mol. The second-order valence-electron chi connectivity index (χ2n) is 12.8. The van der Waals surface area contributed by atoms with Gasteiger partial charge in [0.25, 0.3) is 0 Å². The third-order valence-electron chi connectivity index (χ3n) is 8.78. The molecule has 2 bridgehead atoms. The molecule has 2 aromatic rings. The lowest BCUT2D eigenvalue weighted by molar-refractivity contribution is -0.130. The zero-order chi connectivity index (χ0) is 23.7. The Morgan fingerprint density at radius 2 is 1.12 bits per heavy atom. The van der Waals surface area contributed by atoms with Crippen molar-refractivity contribution in [2.24, 2.45) is 16.7 Å². The van der Waals surface area contributed by atoms with Crippen molar-refractivity contribution < 1.29 is 4.79 Å². The molecule has 0 aliphatic heterocycles. The van der Waals surface area contributed by atoms with E-state index in [-0.39, 0.29) is 25.1 Å². The van der Waals surface area contributed by atoms with Crippen molar-refractivity contribution >= 4 is 28.4 Å². The van der Waals surface area contributed by atoms with Gasteiger partial charge in [-0.15, -0.1) is 0 Å². The van der Waals surface area contributed by atoms with Gasteiger partial charge in [0.15, 0.2) is 0 Å². The van der Waals surface area contributed by atoms with Crippen molar-refractivity contribution in [1.82, 2.24) is 0 Å². The molecule has 0 saturated heterocycles. The maximum Gasteiger partial charge on any atom is 0.141 e. The predicted octanol–water partition coefficient (Wildman–Crippen LogP) is 8.36. The highest BCUT2D eigenvalue weighted by Gasteiger charge is 2.72. The van der Waals surface area contributed by atoms with Crippen LogP contribution in [0, 0.1) is 16.7 Å². The first-order chi connectivity index (χ1) is 14.7. The maximum absolute atomic E-state index is 13.8. The quantitative estimate of drug-likeness (QED) is 0.281. The summed E-state index contributed by atoms with van der Waals surface area (Å²) >= 11 is 2.67. The van der Waals surface area contributed by atoms with E-state index in [9.17, 15) is 4.79 Å². The number of fused-ring (bicyclic) bond motifs is 2. The smallest absolute Gasteiger partial charge is 0.141 e. The first-order valence-corrected chi connectivity index (χ1v) is 13.2. The van der Waals surface area contributed by atoms with E-state index in [1.165, 1.54) is 22.3 Å². The van der Waals surface area contributed by atoms with Crippen molar-refractivity contribution in [1.29, 1.82) is 0 Å². The number of carbonyl (C=O) groups excluding carboxylic acids is 1. The number of benzene rings is 2. The largest absolute Gasteiger partial charge is 0.299 e. The van der Waals surface area contributed by atoms with Gasteiger partial charge in [-0.3, -0.25) is 4.79 Å². The maximum atomic E-state index is 13.8. The van der Waals surface area contributed by atoms with Crippen molar-refractivity contribution in [3.05, 3.63) is 70.8 Å². The molecule has 0 amide bonds. The summed E-state index contributed by atoms with van der Waals surface area (Å²) in [6.07, 6.45) is 2.87. The van der Waals surface area contributed by atoms with Crippen LogP contribution < -0.4 is 0 Å². The Morgan fingerprint density at radius 1 is 0.750 bits per heavy atom. The fourth-order valence-electron chi connectivity index (χ4n) is 6.54. The first-order valence-electron chi connectivity index (χ1n) is 12.1. The van der Waals surface area contributed by atoms with E-state index in [0.717, 1.165) is 19.3 Å². The van der Waals surface area contributed by atoms with Crippen LogP contribution in [0.15, 0.2) is 48.5 Å². The molecule has 1 nitrogen and oxygen atoms in total. The molecule has 2 heteroatoms. The topological polar surface area (TPSA) is 17.1 Å². The van der Waals surface area contributed by atoms with Gasteiger partial charge in [0.1, 0.15) is 5.78 Å². The van der Waals surface area contributed by atoms with E-state index in [2.05, 4.69) is 127 Å². The summed E-state index contributed by atoms with van der Waals surface area (Å²) in [5.41, 5.74) is 5.02. The van der Waals surface area contributed by atoms with E-state index < -0.39 is 0 Å². The summed E-state index contributed by atoms with van der Waals surface area (Å²) < 4.78 is -0.385. The van der Waals surface area contributed by atoms with Crippen LogP contribution in [0.5, 0.6) is 0 Å². The van der Waals surface area contributed by atoms with Crippen LogP contribution in [-0.4, -0.2) is 5.78 Å². The van der Waals surface area contributed by atoms with Gasteiger partial charge in [0, 0.05) is 6.42 Å². The Kier molecular flexibility index (Phi) is 5.56. The minimum atomic E-state index is -0.385. The Bertz CT molecular complexity index is 957. The molecule has 0 spiro atoms. The summed E-state index contributed by atoms with van der Waals surface area (Å²) in [4.78, 5) is 13.8. The zero-order valence-electron chi connectivity index (χ0n) is 21.1. The number of rotatable bonds is 3. The van der Waals surface area contributed by atoms with E-state index in [1.807, 2.05) is 0 Å². The predicted molar refractivity (Wildman–Crippen MR) is 144 cm³/mol. The molecule has 4 rings (SSSR count). The second kappa shape index (κ2) is 7.42. The molecule has 32 heavy (non-hydrogen) atoms. The lowest BCUT2D eigenvalue weighted by Gasteiger charge is -2.50. The lowest BCUT2D eigenvalue weighted by Crippen LogP contribution is -2.51. The van der Waals surface area contributed by atoms with Crippen LogP contribution in [0.3, 0.4) is 0 Å². The van der Waals surface area contributed by atoms with Gasteiger partial charge in [-0.25, -0.2) is 0 Å². The second-order valence-corrected chi connectivity index (χ2v) is 14.4. The summed E-state index contributed by atoms with van der Waals surface area (Å²) in [7, 11) is 0. The normalized spacial score (nSPS) is 25.4. The molecule has 0 aromatic heterocycles. The standard InChI is InChI=1S/C30H39IO/c1-26(2,3)20-9-13-22(14-10-20)30(31,23-15-11-21(12-16-23)27(4,5)6)29-18-17-24(19-25(29)32)28(29,7)8/h9-16,24H,17-19H2,1-8H3. The Labute approximate surface area is 208 Å². The molecule has 0 radical (unpaired) electrons. The summed E-state index contributed by atoms with van der Waals surface area (Å²) in [6, 6.07) is 18.3.